The van der Waals surface area contributed by atoms with Crippen molar-refractivity contribution >= 4 is 58.9 Å². The molecule has 0 radical (unpaired) electrons. The number of carboxylic acids is 1. The third-order valence-electron chi connectivity index (χ3n) is 10.2. The second kappa shape index (κ2) is 19.1. The van der Waals surface area contributed by atoms with E-state index in [0.717, 1.165) is 26.5 Å². The van der Waals surface area contributed by atoms with Gasteiger partial charge in [0.05, 0.1) is 43.6 Å². The average Bonchev–Trinajstić information content (AvgIpc) is 3.90. The number of hydrogen-bond donors (Lipinski definition) is 2. The molecular formula is C48H36F2N4O8S3. The molecule has 1 atom stereocenters. The SMILES string of the molecule is CC(c1ccc(C(=O)O)cc1)n1c(=O)[nH]c2sc(C#CCc3ccc(F)cc3)cc2c1=O.Cn1c(=O)n(Cc2ccc(S(C)(=O)=O)cc2)c(=O)c2cc(C#CCc3ccc(F)cc3)sc21. The minimum absolute atomic E-state index is 0.0207. The Kier molecular flexibility index (Phi) is 13.4. The van der Waals surface area contributed by atoms with Crippen LogP contribution in [-0.4, -0.2) is 44.4 Å². The Bertz CT molecular complexity index is 3600. The molecule has 4 aromatic heterocycles. The first-order chi connectivity index (χ1) is 31.0. The number of aromatic nitrogens is 4. The number of fused-ring (bicyclic) bond motifs is 2. The quantitative estimate of drug-likeness (QED) is 0.158. The first-order valence-corrected chi connectivity index (χ1v) is 23.1. The van der Waals surface area contributed by atoms with Crippen molar-refractivity contribution in [3.8, 4) is 23.7 Å². The molecule has 0 amide bonds. The number of carboxylic acid groups (broad SMARTS) is 1. The van der Waals surface area contributed by atoms with Crippen LogP contribution in [0, 0.1) is 35.3 Å². The predicted octanol–water partition coefficient (Wildman–Crippen LogP) is 6.74. The number of halogens is 2. The van der Waals surface area contributed by atoms with Crippen molar-refractivity contribution in [2.75, 3.05) is 6.26 Å². The number of hydrogen-bond acceptors (Lipinski definition) is 9. The van der Waals surface area contributed by atoms with Crippen LogP contribution in [0.3, 0.4) is 0 Å². The van der Waals surface area contributed by atoms with Crippen LogP contribution in [0.15, 0.2) is 133 Å². The fraction of sp³-hybridized carbons (Fsp3) is 0.146. The van der Waals surface area contributed by atoms with Crippen molar-refractivity contribution in [2.45, 2.75) is 37.2 Å². The summed E-state index contributed by atoms with van der Waals surface area (Å²) >= 11 is 2.48. The molecule has 0 aliphatic rings. The van der Waals surface area contributed by atoms with Gasteiger partial charge in [-0.25, -0.2) is 31.6 Å². The molecule has 0 spiro atoms. The molecule has 0 aliphatic heterocycles. The molecule has 328 valence electrons. The number of sulfone groups is 1. The lowest BCUT2D eigenvalue weighted by Gasteiger charge is -2.14. The largest absolute Gasteiger partial charge is 0.478 e. The molecule has 8 aromatic rings. The number of thiophene rings is 2. The summed E-state index contributed by atoms with van der Waals surface area (Å²) in [5.74, 6) is 10.4. The van der Waals surface area contributed by atoms with Crippen molar-refractivity contribution in [3.05, 3.63) is 200 Å². The maximum Gasteiger partial charge on any atom is 0.335 e. The lowest BCUT2D eigenvalue weighted by molar-refractivity contribution is 0.0696. The smallest absolute Gasteiger partial charge is 0.335 e. The van der Waals surface area contributed by atoms with E-state index >= 15 is 0 Å². The molecular weight excluding hydrogens is 895 g/mol. The summed E-state index contributed by atoms with van der Waals surface area (Å²) < 4.78 is 52.9. The average molecular weight is 931 g/mol. The molecule has 12 nitrogen and oxygen atoms in total. The lowest BCUT2D eigenvalue weighted by atomic mass is 10.1. The normalized spacial score (nSPS) is 11.5. The van der Waals surface area contributed by atoms with Crippen molar-refractivity contribution < 1.29 is 27.1 Å². The Morgan fingerprint density at radius 3 is 1.80 bits per heavy atom. The van der Waals surface area contributed by atoms with Crippen LogP contribution in [-0.2, 0) is 36.3 Å². The van der Waals surface area contributed by atoms with E-state index in [1.807, 2.05) is 0 Å². The van der Waals surface area contributed by atoms with Gasteiger partial charge in [0.2, 0.25) is 0 Å². The van der Waals surface area contributed by atoms with E-state index in [2.05, 4.69) is 28.7 Å². The molecule has 0 saturated carbocycles. The van der Waals surface area contributed by atoms with Gasteiger partial charge in [-0.3, -0.25) is 28.3 Å². The van der Waals surface area contributed by atoms with Crippen LogP contribution in [0.25, 0.3) is 20.4 Å². The van der Waals surface area contributed by atoms with Crippen molar-refractivity contribution in [1.29, 1.82) is 0 Å². The summed E-state index contributed by atoms with van der Waals surface area (Å²) in [6.07, 6.45) is 1.98. The van der Waals surface area contributed by atoms with Gasteiger partial charge in [0.15, 0.2) is 9.84 Å². The third-order valence-corrected chi connectivity index (χ3v) is 13.4. The van der Waals surface area contributed by atoms with Gasteiger partial charge >= 0.3 is 17.3 Å². The number of aryl methyl sites for hydroxylation is 1. The molecule has 0 bridgehead atoms. The van der Waals surface area contributed by atoms with Crippen LogP contribution in [0.4, 0.5) is 8.78 Å². The molecule has 8 rings (SSSR count). The van der Waals surface area contributed by atoms with Gasteiger partial charge in [0, 0.05) is 26.1 Å². The van der Waals surface area contributed by atoms with E-state index in [0.29, 0.717) is 54.2 Å². The van der Waals surface area contributed by atoms with E-state index in [4.69, 9.17) is 5.11 Å². The molecule has 1 unspecified atom stereocenters. The molecule has 17 heteroatoms. The standard InChI is InChI=1S/C24H19FN2O4S2.C24H17FN2O4S/c1-26-23-21(14-19(32-23)5-3-4-16-6-10-18(25)11-7-16)22(28)27(24(26)29)15-17-8-12-20(13-9-17)33(2,30)31;1-14(16-7-9-17(10-8-16)23(29)30)27-22(28)20-13-19(32-21(20)26-24(27)31)4-2-3-15-5-11-18(25)12-6-15/h6-14H,4,15H2,1-2H3;5-14H,3H2,1H3,(H,26,31)(H,29,30). The Hall–Kier alpha value is -7.44. The second-order valence-corrected chi connectivity index (χ2v) is 18.8. The van der Waals surface area contributed by atoms with E-state index < -0.39 is 44.3 Å². The second-order valence-electron chi connectivity index (χ2n) is 14.8. The maximum atomic E-state index is 13.1. The number of nitrogens with one attached hydrogen (secondary N) is 1. The van der Waals surface area contributed by atoms with E-state index in [-0.39, 0.29) is 28.6 Å². The van der Waals surface area contributed by atoms with Crippen LogP contribution in [0.1, 0.15) is 55.3 Å². The van der Waals surface area contributed by atoms with Crippen molar-refractivity contribution in [3.63, 3.8) is 0 Å². The number of benzene rings is 4. The molecule has 0 saturated heterocycles. The summed E-state index contributed by atoms with van der Waals surface area (Å²) in [4.78, 5) is 67.8. The van der Waals surface area contributed by atoms with Gasteiger partial charge in [-0.15, -0.1) is 22.7 Å². The molecule has 0 fully saturated rings. The minimum Gasteiger partial charge on any atom is -0.478 e. The van der Waals surface area contributed by atoms with Crippen molar-refractivity contribution in [2.24, 2.45) is 7.05 Å². The summed E-state index contributed by atoms with van der Waals surface area (Å²) in [6.45, 7) is 1.72. The number of aromatic carboxylic acids is 1. The summed E-state index contributed by atoms with van der Waals surface area (Å²) in [5.41, 5.74) is 1.26. The minimum atomic E-state index is -3.33. The molecule has 4 heterocycles. The number of H-pyrrole nitrogens is 1. The molecule has 2 N–H and O–H groups in total. The number of aromatic amines is 1. The zero-order valence-corrected chi connectivity index (χ0v) is 37.2. The van der Waals surface area contributed by atoms with E-state index in [1.165, 1.54) is 75.8 Å². The number of carbonyl (C=O) groups is 1. The van der Waals surface area contributed by atoms with Gasteiger partial charge in [-0.05, 0) is 89.8 Å². The molecule has 0 aliphatic carbocycles. The number of rotatable bonds is 8. The Balaban J connectivity index is 0.000000194. The molecule has 4 aromatic carbocycles. The van der Waals surface area contributed by atoms with Gasteiger partial charge in [0.1, 0.15) is 21.3 Å². The highest BCUT2D eigenvalue weighted by Gasteiger charge is 2.18. The Labute approximate surface area is 377 Å². The fourth-order valence-electron chi connectivity index (χ4n) is 6.67. The highest BCUT2D eigenvalue weighted by atomic mass is 32.2. The summed E-state index contributed by atoms with van der Waals surface area (Å²) in [7, 11) is -1.73. The Morgan fingerprint density at radius 2 is 1.26 bits per heavy atom. The van der Waals surface area contributed by atoms with Gasteiger partial charge < -0.3 is 5.11 Å². The topological polar surface area (TPSA) is 170 Å². The molecule has 65 heavy (non-hydrogen) atoms. The summed E-state index contributed by atoms with van der Waals surface area (Å²) in [5, 5.41) is 9.79. The summed E-state index contributed by atoms with van der Waals surface area (Å²) in [6, 6.07) is 27.0. The van der Waals surface area contributed by atoms with Crippen LogP contribution >= 0.6 is 22.7 Å². The van der Waals surface area contributed by atoms with Crippen molar-refractivity contribution in [1.82, 2.24) is 18.7 Å². The van der Waals surface area contributed by atoms with Crippen LogP contribution in [0.2, 0.25) is 0 Å². The van der Waals surface area contributed by atoms with Crippen LogP contribution < -0.4 is 22.5 Å². The van der Waals surface area contributed by atoms with Crippen LogP contribution in [0.5, 0.6) is 0 Å². The van der Waals surface area contributed by atoms with Gasteiger partial charge in [0.25, 0.3) is 11.1 Å². The van der Waals surface area contributed by atoms with Gasteiger partial charge in [-0.1, -0.05) is 72.2 Å². The Morgan fingerprint density at radius 1 is 0.738 bits per heavy atom. The predicted molar refractivity (Wildman–Crippen MR) is 248 cm³/mol. The zero-order chi connectivity index (χ0) is 46.6. The van der Waals surface area contributed by atoms with Gasteiger partial charge in [-0.2, -0.15) is 0 Å². The first kappa shape index (κ1) is 45.6. The highest BCUT2D eigenvalue weighted by molar-refractivity contribution is 7.90. The lowest BCUT2D eigenvalue weighted by Crippen LogP contribution is -2.38. The fourth-order valence-corrected chi connectivity index (χ4v) is 9.19. The van der Waals surface area contributed by atoms with E-state index in [9.17, 15) is 41.2 Å². The number of nitrogens with zero attached hydrogens (tertiary/aromatic N) is 3. The monoisotopic (exact) mass is 930 g/mol. The maximum absolute atomic E-state index is 13.1. The highest BCUT2D eigenvalue weighted by Crippen LogP contribution is 2.23. The third kappa shape index (κ3) is 10.5. The zero-order valence-electron chi connectivity index (χ0n) is 34.7. The van der Waals surface area contributed by atoms with E-state index in [1.54, 1.807) is 74.6 Å². The first-order valence-electron chi connectivity index (χ1n) is 19.6.